The van der Waals surface area contributed by atoms with Crippen LogP contribution in [0.5, 0.6) is 0 Å². The van der Waals surface area contributed by atoms with Crippen LogP contribution < -0.4 is 5.56 Å². The maximum Gasteiger partial charge on any atom is 0.490 e. The minimum absolute atomic E-state index is 0.00418. The molecule has 2 N–H and O–H groups in total. The molecule has 0 saturated carbocycles. The van der Waals surface area contributed by atoms with Crippen LogP contribution >= 0.6 is 0 Å². The maximum atomic E-state index is 14.5. The molecule has 1 aromatic carbocycles. The van der Waals surface area contributed by atoms with Crippen LogP contribution in [0.4, 0.5) is 17.6 Å². The van der Waals surface area contributed by atoms with Gasteiger partial charge in [0.15, 0.2) is 0 Å². The van der Waals surface area contributed by atoms with Crippen LogP contribution in [0.2, 0.25) is 0 Å². The first-order chi connectivity index (χ1) is 17.1. The molecule has 9 nitrogen and oxygen atoms in total. The summed E-state index contributed by atoms with van der Waals surface area (Å²) in [6.07, 6.45) is -4.49. The van der Waals surface area contributed by atoms with Crippen molar-refractivity contribution in [3.05, 3.63) is 62.3 Å². The van der Waals surface area contributed by atoms with Crippen molar-refractivity contribution in [2.45, 2.75) is 52.8 Å². The number of amides is 2. The Morgan fingerprint density at radius 2 is 1.73 bits per heavy atom. The highest BCUT2D eigenvalue weighted by molar-refractivity contribution is 5.95. The number of rotatable bonds is 4. The molecule has 0 aliphatic carbocycles. The number of halogens is 4. The van der Waals surface area contributed by atoms with E-state index in [4.69, 9.17) is 9.90 Å². The fourth-order valence-electron chi connectivity index (χ4n) is 3.64. The van der Waals surface area contributed by atoms with E-state index in [0.717, 1.165) is 11.1 Å². The number of aromatic amines is 1. The van der Waals surface area contributed by atoms with E-state index in [1.165, 1.54) is 17.0 Å². The molecule has 0 bridgehead atoms. The molecule has 37 heavy (non-hydrogen) atoms. The number of aromatic nitrogens is 2. The van der Waals surface area contributed by atoms with Gasteiger partial charge in [0.1, 0.15) is 5.82 Å². The average Bonchev–Trinajstić information content (AvgIpc) is 3.01. The zero-order valence-corrected chi connectivity index (χ0v) is 20.8. The number of hydrogen-bond donors (Lipinski definition) is 2. The molecule has 0 radical (unpaired) electrons. The molecule has 1 aliphatic heterocycles. The summed E-state index contributed by atoms with van der Waals surface area (Å²) in [5.74, 6) is -3.77. The zero-order chi connectivity index (χ0) is 28.1. The maximum absolute atomic E-state index is 14.5. The van der Waals surface area contributed by atoms with Gasteiger partial charge in [-0.15, -0.1) is 0 Å². The smallest absolute Gasteiger partial charge is 0.475 e. The molecule has 13 heteroatoms. The van der Waals surface area contributed by atoms with Crippen LogP contribution in [-0.4, -0.2) is 74.7 Å². The Morgan fingerprint density at radius 3 is 2.30 bits per heavy atom. The van der Waals surface area contributed by atoms with E-state index >= 15 is 0 Å². The van der Waals surface area contributed by atoms with Gasteiger partial charge in [-0.25, -0.2) is 14.3 Å². The van der Waals surface area contributed by atoms with Gasteiger partial charge in [-0.3, -0.25) is 14.4 Å². The van der Waals surface area contributed by atoms with Crippen molar-refractivity contribution in [3.63, 3.8) is 0 Å². The number of carbonyl (C=O) groups excluding carboxylic acids is 2. The Kier molecular flexibility index (Phi) is 9.54. The highest BCUT2D eigenvalue weighted by Crippen LogP contribution is 2.19. The van der Waals surface area contributed by atoms with E-state index in [1.807, 2.05) is 20.8 Å². The molecule has 3 rings (SSSR count). The lowest BCUT2D eigenvalue weighted by Gasteiger charge is -2.25. The lowest BCUT2D eigenvalue weighted by atomic mass is 10.0. The quantitative estimate of drug-likeness (QED) is 0.589. The van der Waals surface area contributed by atoms with E-state index in [2.05, 4.69) is 10.2 Å². The topological polar surface area (TPSA) is 124 Å². The number of hydrogen-bond acceptors (Lipinski definition) is 5. The summed E-state index contributed by atoms with van der Waals surface area (Å²) in [5, 5.41) is 13.7. The van der Waals surface area contributed by atoms with Crippen molar-refractivity contribution in [1.29, 1.82) is 0 Å². The van der Waals surface area contributed by atoms with Gasteiger partial charge in [0, 0.05) is 44.1 Å². The van der Waals surface area contributed by atoms with Crippen LogP contribution in [0.15, 0.2) is 23.0 Å². The number of aliphatic carboxylic acids is 1. The van der Waals surface area contributed by atoms with E-state index in [-0.39, 0.29) is 36.0 Å². The second-order valence-electron chi connectivity index (χ2n) is 8.77. The number of carboxylic acids is 1. The van der Waals surface area contributed by atoms with Gasteiger partial charge < -0.3 is 14.9 Å². The minimum Gasteiger partial charge on any atom is -0.475 e. The molecule has 2 amide bonds. The molecular weight excluding hydrogens is 500 g/mol. The van der Waals surface area contributed by atoms with E-state index in [0.29, 0.717) is 30.8 Å². The molecule has 1 fully saturated rings. The van der Waals surface area contributed by atoms with Crippen LogP contribution in [-0.2, 0) is 16.0 Å². The van der Waals surface area contributed by atoms with E-state index in [1.54, 1.807) is 17.9 Å². The van der Waals surface area contributed by atoms with Gasteiger partial charge in [0.05, 0.1) is 11.3 Å². The predicted octanol–water partition coefficient (Wildman–Crippen LogP) is 2.83. The molecule has 2 heterocycles. The fourth-order valence-corrected chi connectivity index (χ4v) is 3.64. The number of H-pyrrole nitrogens is 1. The van der Waals surface area contributed by atoms with Crippen molar-refractivity contribution in [2.24, 2.45) is 0 Å². The van der Waals surface area contributed by atoms with Crippen molar-refractivity contribution < 1.29 is 37.1 Å². The van der Waals surface area contributed by atoms with Gasteiger partial charge in [-0.05, 0) is 51.0 Å². The number of nitrogens with zero attached hydrogens (tertiary/aromatic N) is 3. The lowest BCUT2D eigenvalue weighted by molar-refractivity contribution is -0.192. The Hall–Kier alpha value is -3.77. The molecule has 2 aromatic rings. The molecule has 1 saturated heterocycles. The van der Waals surface area contributed by atoms with E-state index in [9.17, 15) is 31.9 Å². The van der Waals surface area contributed by atoms with Crippen LogP contribution in [0.3, 0.4) is 0 Å². The SMILES string of the molecule is Cc1c(Cc2ccc(F)c(C(=O)N3CCC(=O)N(C(C)C)CC3)c2)n[nH]c(=O)c1C.O=C(O)C(F)(F)F. The highest BCUT2D eigenvalue weighted by atomic mass is 19.4. The average molecular weight is 529 g/mol. The number of nitrogens with one attached hydrogen (secondary N) is 1. The highest BCUT2D eigenvalue weighted by Gasteiger charge is 2.38. The summed E-state index contributed by atoms with van der Waals surface area (Å²) in [6.45, 7) is 8.48. The minimum atomic E-state index is -5.08. The first kappa shape index (κ1) is 29.5. The molecule has 1 aliphatic rings. The molecule has 0 atom stereocenters. The van der Waals surface area contributed by atoms with Crippen LogP contribution in [0.1, 0.15) is 53.0 Å². The zero-order valence-electron chi connectivity index (χ0n) is 20.8. The first-order valence-electron chi connectivity index (χ1n) is 11.4. The second-order valence-corrected chi connectivity index (χ2v) is 8.77. The molecule has 0 spiro atoms. The third-order valence-electron chi connectivity index (χ3n) is 5.94. The van der Waals surface area contributed by atoms with Gasteiger partial charge >= 0.3 is 12.1 Å². The van der Waals surface area contributed by atoms with Crippen molar-refractivity contribution in [2.75, 3.05) is 19.6 Å². The van der Waals surface area contributed by atoms with Crippen LogP contribution in [0, 0.1) is 19.7 Å². The molecule has 0 unspecified atom stereocenters. The summed E-state index contributed by atoms with van der Waals surface area (Å²) < 4.78 is 46.2. The summed E-state index contributed by atoms with van der Waals surface area (Å²) >= 11 is 0. The first-order valence-corrected chi connectivity index (χ1v) is 11.4. The third kappa shape index (κ3) is 7.61. The number of carbonyl (C=O) groups is 3. The normalized spacial score (nSPS) is 14.2. The fraction of sp³-hybridized carbons (Fsp3) is 0.458. The number of alkyl halides is 3. The molecule has 1 aromatic heterocycles. The second kappa shape index (κ2) is 12.0. The number of carboxylic acid groups (broad SMARTS) is 1. The largest absolute Gasteiger partial charge is 0.490 e. The molecular formula is C24H28F4N4O5. The lowest BCUT2D eigenvalue weighted by Crippen LogP contribution is -2.39. The summed E-state index contributed by atoms with van der Waals surface area (Å²) in [4.78, 5) is 49.1. The van der Waals surface area contributed by atoms with E-state index < -0.39 is 23.9 Å². The van der Waals surface area contributed by atoms with Crippen molar-refractivity contribution in [3.8, 4) is 0 Å². The summed E-state index contributed by atoms with van der Waals surface area (Å²) in [6, 6.07) is 4.48. The monoisotopic (exact) mass is 528 g/mol. The molecule has 202 valence electrons. The van der Waals surface area contributed by atoms with Crippen molar-refractivity contribution >= 4 is 17.8 Å². The Morgan fingerprint density at radius 1 is 1.11 bits per heavy atom. The van der Waals surface area contributed by atoms with Gasteiger partial charge in [-0.2, -0.15) is 18.3 Å². The summed E-state index contributed by atoms with van der Waals surface area (Å²) in [7, 11) is 0. The summed E-state index contributed by atoms with van der Waals surface area (Å²) in [5.41, 5.74) is 2.49. The van der Waals surface area contributed by atoms with Crippen LogP contribution in [0.25, 0.3) is 0 Å². The third-order valence-corrected chi connectivity index (χ3v) is 5.94. The van der Waals surface area contributed by atoms with Gasteiger partial charge in [0.2, 0.25) is 5.91 Å². The Balaban J connectivity index is 0.000000604. The van der Waals surface area contributed by atoms with Gasteiger partial charge in [0.25, 0.3) is 11.5 Å². The van der Waals surface area contributed by atoms with Gasteiger partial charge in [-0.1, -0.05) is 6.07 Å². The number of benzene rings is 1. The Labute approximate surface area is 210 Å². The van der Waals surface area contributed by atoms with Crippen molar-refractivity contribution in [1.82, 2.24) is 20.0 Å². The standard InChI is InChI=1S/C22H27FN4O3.C2HF3O2/c1-13(2)27-10-9-26(8-7-20(27)28)22(30)17-11-16(5-6-18(17)23)12-19-14(3)15(4)21(29)25-24-19;3-2(4,5)1(6)7/h5-6,11,13H,7-10,12H2,1-4H3,(H,25,29);(H,6,7). The predicted molar refractivity (Wildman–Crippen MR) is 125 cm³/mol. The Bertz CT molecular complexity index is 1230.